The van der Waals surface area contributed by atoms with Crippen LogP contribution < -0.4 is 5.32 Å². The molecule has 0 fully saturated rings. The highest BCUT2D eigenvalue weighted by Crippen LogP contribution is 2.15. The van der Waals surface area contributed by atoms with Crippen LogP contribution in [-0.4, -0.2) is 29.3 Å². The molecule has 5 heteroatoms. The van der Waals surface area contributed by atoms with E-state index in [1.807, 2.05) is 32.2 Å². The molecule has 1 aromatic carbocycles. The van der Waals surface area contributed by atoms with Gasteiger partial charge in [-0.2, -0.15) is 0 Å². The van der Waals surface area contributed by atoms with Crippen molar-refractivity contribution in [2.24, 2.45) is 5.92 Å². The van der Waals surface area contributed by atoms with E-state index in [9.17, 15) is 9.59 Å². The number of nitrogens with one attached hydrogen (secondary N) is 1. The quantitative estimate of drug-likeness (QED) is 0.787. The van der Waals surface area contributed by atoms with Crippen molar-refractivity contribution in [1.29, 1.82) is 0 Å². The van der Waals surface area contributed by atoms with Gasteiger partial charge in [-0.15, -0.1) is 11.8 Å². The summed E-state index contributed by atoms with van der Waals surface area (Å²) in [6.07, 6.45) is 1.91. The molecule has 0 unspecified atom stereocenters. The van der Waals surface area contributed by atoms with Crippen LogP contribution >= 0.6 is 11.8 Å². The Morgan fingerprint density at radius 1 is 1.26 bits per heavy atom. The van der Waals surface area contributed by atoms with Gasteiger partial charge in [0.1, 0.15) is 0 Å². The average Bonchev–Trinajstić information content (AvgIpc) is 2.37. The molecule has 1 aromatic rings. The second kappa shape index (κ2) is 7.19. The van der Waals surface area contributed by atoms with Crippen LogP contribution in [0.2, 0.25) is 0 Å². The summed E-state index contributed by atoms with van der Waals surface area (Å²) in [5, 5.41) is 11.6. The summed E-state index contributed by atoms with van der Waals surface area (Å²) >= 11 is 1.61. The largest absolute Gasteiger partial charge is 0.481 e. The molecule has 1 rings (SSSR count). The van der Waals surface area contributed by atoms with E-state index in [1.165, 1.54) is 0 Å². The molecular weight excluding hydrogens is 262 g/mol. The van der Waals surface area contributed by atoms with Crippen LogP contribution in [0.1, 0.15) is 30.6 Å². The van der Waals surface area contributed by atoms with Gasteiger partial charge in [0.25, 0.3) is 5.91 Å². The Morgan fingerprint density at radius 3 is 2.26 bits per heavy atom. The number of rotatable bonds is 6. The first-order valence-corrected chi connectivity index (χ1v) is 7.33. The smallest absolute Gasteiger partial charge is 0.305 e. The fourth-order valence-corrected chi connectivity index (χ4v) is 2.04. The Bertz CT molecular complexity index is 443. The highest BCUT2D eigenvalue weighted by molar-refractivity contribution is 7.98. The first-order chi connectivity index (χ1) is 8.93. The molecular formula is C14H19NO3S. The molecule has 0 aromatic heterocycles. The highest BCUT2D eigenvalue weighted by Gasteiger charge is 2.19. The molecule has 2 N–H and O–H groups in total. The third-order valence-corrected chi connectivity index (χ3v) is 3.61. The summed E-state index contributed by atoms with van der Waals surface area (Å²) in [6.45, 7) is 3.79. The van der Waals surface area contributed by atoms with E-state index in [4.69, 9.17) is 5.11 Å². The zero-order chi connectivity index (χ0) is 14.4. The molecule has 1 amide bonds. The molecule has 0 aliphatic carbocycles. The lowest BCUT2D eigenvalue weighted by Gasteiger charge is -2.20. The molecule has 0 radical (unpaired) electrons. The molecule has 0 aliphatic rings. The number of carboxylic acids is 1. The van der Waals surface area contributed by atoms with Gasteiger partial charge in [-0.1, -0.05) is 13.8 Å². The van der Waals surface area contributed by atoms with Gasteiger partial charge in [-0.25, -0.2) is 0 Å². The molecule has 0 heterocycles. The molecule has 104 valence electrons. The lowest BCUT2D eigenvalue weighted by Crippen LogP contribution is -2.40. The van der Waals surface area contributed by atoms with E-state index in [2.05, 4.69) is 5.32 Å². The van der Waals surface area contributed by atoms with Crippen molar-refractivity contribution in [2.45, 2.75) is 31.2 Å². The van der Waals surface area contributed by atoms with Crippen LogP contribution in [0.4, 0.5) is 0 Å². The van der Waals surface area contributed by atoms with E-state index in [1.54, 1.807) is 23.9 Å². The van der Waals surface area contributed by atoms with Crippen LogP contribution in [-0.2, 0) is 4.79 Å². The second-order valence-corrected chi connectivity index (χ2v) is 5.53. The van der Waals surface area contributed by atoms with Crippen molar-refractivity contribution in [3.63, 3.8) is 0 Å². The number of carbonyl (C=O) groups excluding carboxylic acids is 1. The second-order valence-electron chi connectivity index (χ2n) is 4.65. The van der Waals surface area contributed by atoms with Gasteiger partial charge in [-0.05, 0) is 36.4 Å². The summed E-state index contributed by atoms with van der Waals surface area (Å²) in [6, 6.07) is 6.89. The number of hydrogen-bond donors (Lipinski definition) is 2. The van der Waals surface area contributed by atoms with Crippen LogP contribution in [0.3, 0.4) is 0 Å². The van der Waals surface area contributed by atoms with Gasteiger partial charge < -0.3 is 10.4 Å². The monoisotopic (exact) mass is 281 g/mol. The van der Waals surface area contributed by atoms with Gasteiger partial charge in [0, 0.05) is 16.5 Å². The molecule has 0 saturated heterocycles. The number of carboxylic acid groups (broad SMARTS) is 1. The van der Waals surface area contributed by atoms with Crippen molar-refractivity contribution in [2.75, 3.05) is 6.26 Å². The summed E-state index contributed by atoms with van der Waals surface area (Å²) in [7, 11) is 0. The van der Waals surface area contributed by atoms with E-state index >= 15 is 0 Å². The minimum absolute atomic E-state index is 0.0632. The molecule has 19 heavy (non-hydrogen) atoms. The lowest BCUT2D eigenvalue weighted by atomic mass is 10.0. The predicted molar refractivity (Wildman–Crippen MR) is 76.6 cm³/mol. The molecule has 4 nitrogen and oxygen atoms in total. The van der Waals surface area contributed by atoms with Crippen LogP contribution in [0.15, 0.2) is 29.2 Å². The first-order valence-electron chi connectivity index (χ1n) is 6.10. The van der Waals surface area contributed by atoms with Crippen molar-refractivity contribution in [3.8, 4) is 0 Å². The zero-order valence-corrected chi connectivity index (χ0v) is 12.2. The fraction of sp³-hybridized carbons (Fsp3) is 0.429. The van der Waals surface area contributed by atoms with Crippen molar-refractivity contribution in [3.05, 3.63) is 29.8 Å². The number of carbonyl (C=O) groups is 2. The number of hydrogen-bond acceptors (Lipinski definition) is 3. The standard InChI is InChI=1S/C14H19NO3S/c1-9(2)12(8-13(16)17)15-14(18)10-4-6-11(19-3)7-5-10/h4-7,9,12H,8H2,1-3H3,(H,15,18)(H,16,17)/t12-/m1/s1. The predicted octanol–water partition coefficient (Wildman–Crippen LogP) is 2.64. The van der Waals surface area contributed by atoms with Crippen LogP contribution in [0, 0.1) is 5.92 Å². The Balaban J connectivity index is 2.72. The third kappa shape index (κ3) is 4.95. The van der Waals surface area contributed by atoms with E-state index in [0.29, 0.717) is 5.56 Å². The number of amides is 1. The van der Waals surface area contributed by atoms with Crippen molar-refractivity contribution in [1.82, 2.24) is 5.32 Å². The minimum atomic E-state index is -0.906. The van der Waals surface area contributed by atoms with Gasteiger partial charge in [0.2, 0.25) is 0 Å². The molecule has 0 saturated carbocycles. The van der Waals surface area contributed by atoms with E-state index < -0.39 is 5.97 Å². The van der Waals surface area contributed by atoms with Gasteiger partial charge >= 0.3 is 5.97 Å². The fourth-order valence-electron chi connectivity index (χ4n) is 1.64. The Labute approximate surface area is 117 Å². The summed E-state index contributed by atoms with van der Waals surface area (Å²) in [4.78, 5) is 23.9. The third-order valence-electron chi connectivity index (χ3n) is 2.87. The maximum atomic E-state index is 12.0. The lowest BCUT2D eigenvalue weighted by molar-refractivity contribution is -0.137. The summed E-state index contributed by atoms with van der Waals surface area (Å²) in [5.41, 5.74) is 0.550. The topological polar surface area (TPSA) is 66.4 Å². The molecule has 0 bridgehead atoms. The molecule has 0 aliphatic heterocycles. The van der Waals surface area contributed by atoms with Crippen LogP contribution in [0.5, 0.6) is 0 Å². The Morgan fingerprint density at radius 2 is 1.84 bits per heavy atom. The van der Waals surface area contributed by atoms with Crippen molar-refractivity contribution < 1.29 is 14.7 Å². The van der Waals surface area contributed by atoms with Crippen LogP contribution in [0.25, 0.3) is 0 Å². The SMILES string of the molecule is CSc1ccc(C(=O)N[C@H](CC(=O)O)C(C)C)cc1. The van der Waals surface area contributed by atoms with Crippen molar-refractivity contribution >= 4 is 23.6 Å². The summed E-state index contributed by atoms with van der Waals surface area (Å²) in [5.74, 6) is -1.06. The minimum Gasteiger partial charge on any atom is -0.481 e. The number of thioether (sulfide) groups is 1. The van der Waals surface area contributed by atoms with E-state index in [0.717, 1.165) is 4.90 Å². The van der Waals surface area contributed by atoms with Gasteiger partial charge in [-0.3, -0.25) is 9.59 Å². The highest BCUT2D eigenvalue weighted by atomic mass is 32.2. The summed E-state index contributed by atoms with van der Waals surface area (Å²) < 4.78 is 0. The average molecular weight is 281 g/mol. The molecule has 1 atom stereocenters. The number of benzene rings is 1. The maximum absolute atomic E-state index is 12.0. The first kappa shape index (κ1) is 15.6. The normalized spacial score (nSPS) is 12.2. The number of aliphatic carboxylic acids is 1. The Hall–Kier alpha value is -1.49. The van der Waals surface area contributed by atoms with E-state index in [-0.39, 0.29) is 24.3 Å². The zero-order valence-electron chi connectivity index (χ0n) is 11.3. The Kier molecular flexibility index (Phi) is 5.89. The maximum Gasteiger partial charge on any atom is 0.305 e. The van der Waals surface area contributed by atoms with Gasteiger partial charge in [0.05, 0.1) is 6.42 Å². The molecule has 0 spiro atoms. The van der Waals surface area contributed by atoms with Gasteiger partial charge in [0.15, 0.2) is 0 Å².